The van der Waals surface area contributed by atoms with Gasteiger partial charge >= 0.3 is 12.1 Å². The molecule has 0 saturated carbocycles. The maximum absolute atomic E-state index is 12.9. The third kappa shape index (κ3) is 5.62. The summed E-state index contributed by atoms with van der Waals surface area (Å²) in [7, 11) is 1.30. The van der Waals surface area contributed by atoms with Gasteiger partial charge in [-0.3, -0.25) is 14.9 Å². The van der Waals surface area contributed by atoms with E-state index in [0.717, 1.165) is 4.90 Å². The fourth-order valence-electron chi connectivity index (χ4n) is 3.34. The molecule has 29 heavy (non-hydrogen) atoms. The van der Waals surface area contributed by atoms with Crippen molar-refractivity contribution in [3.8, 4) is 0 Å². The number of hydrogen-bond donors (Lipinski definition) is 0. The minimum absolute atomic E-state index is 0.0900. The number of rotatable bonds is 5. The number of ether oxygens (including phenoxy) is 2. The molecule has 9 heteroatoms. The maximum Gasteiger partial charge on any atom is 0.410 e. The highest BCUT2D eigenvalue weighted by Crippen LogP contribution is 2.44. The molecular weight excluding hydrogens is 396 g/mol. The molecule has 160 valence electrons. The van der Waals surface area contributed by atoms with Crippen molar-refractivity contribution in [2.24, 2.45) is 5.92 Å². The Hall–Kier alpha value is -2.29. The van der Waals surface area contributed by atoms with Gasteiger partial charge in [0.1, 0.15) is 5.60 Å². The molecule has 2 rings (SSSR count). The van der Waals surface area contributed by atoms with Crippen molar-refractivity contribution in [1.29, 1.82) is 0 Å². The van der Waals surface area contributed by atoms with Crippen molar-refractivity contribution in [2.75, 3.05) is 13.7 Å². The number of benzene rings is 1. The molecule has 1 amide bonds. The fraction of sp³-hybridized carbons (Fsp3) is 0.600. The molecule has 0 N–H and O–H groups in total. The van der Waals surface area contributed by atoms with Gasteiger partial charge in [0.25, 0.3) is 5.69 Å². The summed E-state index contributed by atoms with van der Waals surface area (Å²) < 4.78 is 10.5. The number of nitro benzene ring substituents is 1. The van der Waals surface area contributed by atoms with Crippen molar-refractivity contribution in [3.63, 3.8) is 0 Å². The van der Waals surface area contributed by atoms with Crippen LogP contribution in [0.1, 0.15) is 52.6 Å². The zero-order valence-electron chi connectivity index (χ0n) is 17.6. The molecule has 0 bridgehead atoms. The highest BCUT2D eigenvalue weighted by atomic mass is 32.2. The summed E-state index contributed by atoms with van der Waals surface area (Å²) >= 11 is 1.53. The standard InChI is InChI=1S/C20H28N2O6S/c1-12(2)29-16-8-7-13(22(25)26)11-15(16)17-14(18(23)27-6)9-10-21(17)19(24)28-20(3,4)5/h7-8,11-12,14,17H,9-10H2,1-6H3/t14-,17-/m0/s1. The van der Waals surface area contributed by atoms with Crippen LogP contribution >= 0.6 is 11.8 Å². The van der Waals surface area contributed by atoms with E-state index in [2.05, 4.69) is 0 Å². The van der Waals surface area contributed by atoms with Crippen LogP contribution in [0.5, 0.6) is 0 Å². The van der Waals surface area contributed by atoms with Gasteiger partial charge in [-0.05, 0) is 38.8 Å². The molecule has 8 nitrogen and oxygen atoms in total. The normalized spacial score (nSPS) is 19.3. The second-order valence-corrected chi connectivity index (χ2v) is 9.80. The predicted octanol–water partition coefficient (Wildman–Crippen LogP) is 4.57. The molecule has 1 aliphatic rings. The van der Waals surface area contributed by atoms with Crippen LogP contribution in [-0.2, 0) is 14.3 Å². The second-order valence-electron chi connectivity index (χ2n) is 8.18. The van der Waals surface area contributed by atoms with Crippen LogP contribution < -0.4 is 0 Å². The lowest BCUT2D eigenvalue weighted by atomic mass is 9.93. The van der Waals surface area contributed by atoms with E-state index < -0.39 is 34.5 Å². The molecule has 1 fully saturated rings. The number of non-ortho nitro benzene ring substituents is 1. The summed E-state index contributed by atoms with van der Waals surface area (Å²) in [6.07, 6.45) is -0.161. The molecule has 0 spiro atoms. The number of nitro groups is 1. The van der Waals surface area contributed by atoms with Crippen molar-refractivity contribution in [3.05, 3.63) is 33.9 Å². The van der Waals surface area contributed by atoms with Crippen LogP contribution in [0.4, 0.5) is 10.5 Å². The minimum atomic E-state index is -0.705. The van der Waals surface area contributed by atoms with Crippen LogP contribution in [0.3, 0.4) is 0 Å². The largest absolute Gasteiger partial charge is 0.469 e. The molecule has 1 aromatic rings. The van der Waals surface area contributed by atoms with E-state index in [0.29, 0.717) is 18.5 Å². The Morgan fingerprint density at radius 2 is 1.97 bits per heavy atom. The van der Waals surface area contributed by atoms with Crippen LogP contribution in [0.2, 0.25) is 0 Å². The van der Waals surface area contributed by atoms with Crippen LogP contribution in [0.15, 0.2) is 23.1 Å². The summed E-state index contributed by atoms with van der Waals surface area (Å²) in [4.78, 5) is 38.5. The summed E-state index contributed by atoms with van der Waals surface area (Å²) in [5.41, 5.74) is -0.229. The first-order valence-electron chi connectivity index (χ1n) is 9.47. The van der Waals surface area contributed by atoms with Crippen LogP contribution in [-0.4, -0.2) is 46.4 Å². The SMILES string of the molecule is COC(=O)[C@H]1CCN(C(=O)OC(C)(C)C)[C@@H]1c1cc([N+](=O)[O-])ccc1SC(C)C. The molecule has 0 aromatic heterocycles. The Labute approximate surface area is 175 Å². The summed E-state index contributed by atoms with van der Waals surface area (Å²) in [5, 5.41) is 11.6. The second kappa shape index (κ2) is 9.02. The Bertz CT molecular complexity index is 790. The van der Waals surface area contributed by atoms with Gasteiger partial charge in [-0.2, -0.15) is 0 Å². The first-order valence-corrected chi connectivity index (χ1v) is 10.3. The molecule has 0 radical (unpaired) electrons. The van der Waals surface area contributed by atoms with E-state index in [1.165, 1.54) is 35.9 Å². The third-order valence-electron chi connectivity index (χ3n) is 4.42. The van der Waals surface area contributed by atoms with Gasteiger partial charge in [0.15, 0.2) is 0 Å². The third-order valence-corrected chi connectivity index (χ3v) is 5.51. The van der Waals surface area contributed by atoms with Gasteiger partial charge in [-0.25, -0.2) is 4.79 Å². The Morgan fingerprint density at radius 1 is 1.31 bits per heavy atom. The van der Waals surface area contributed by atoms with Crippen molar-refractivity contribution < 1.29 is 24.0 Å². The van der Waals surface area contributed by atoms with Gasteiger partial charge in [0.05, 0.1) is 24.0 Å². The molecular formula is C20H28N2O6S. The van der Waals surface area contributed by atoms with Gasteiger partial charge < -0.3 is 14.4 Å². The number of nitrogens with zero attached hydrogens (tertiary/aromatic N) is 2. The quantitative estimate of drug-likeness (QED) is 0.295. The van der Waals surface area contributed by atoms with Crippen LogP contribution in [0, 0.1) is 16.0 Å². The van der Waals surface area contributed by atoms with Gasteiger partial charge in [-0.1, -0.05) is 13.8 Å². The molecule has 1 aliphatic heterocycles. The predicted molar refractivity (Wildman–Crippen MR) is 110 cm³/mol. The van der Waals surface area contributed by atoms with E-state index in [-0.39, 0.29) is 10.9 Å². The van der Waals surface area contributed by atoms with Crippen molar-refractivity contribution in [1.82, 2.24) is 4.90 Å². The van der Waals surface area contributed by atoms with Crippen molar-refractivity contribution in [2.45, 2.75) is 62.8 Å². The number of hydrogen-bond acceptors (Lipinski definition) is 7. The highest BCUT2D eigenvalue weighted by molar-refractivity contribution is 8.00. The summed E-state index contributed by atoms with van der Waals surface area (Å²) in [5.74, 6) is -1.07. The highest BCUT2D eigenvalue weighted by Gasteiger charge is 2.45. The zero-order valence-corrected chi connectivity index (χ0v) is 18.4. The number of amides is 1. The summed E-state index contributed by atoms with van der Waals surface area (Å²) in [6, 6.07) is 3.87. The smallest absolute Gasteiger partial charge is 0.410 e. The molecule has 1 aromatic carbocycles. The molecule has 1 heterocycles. The van der Waals surface area contributed by atoms with Gasteiger partial charge in [0.2, 0.25) is 0 Å². The average molecular weight is 425 g/mol. The topological polar surface area (TPSA) is 99.0 Å². The number of likely N-dealkylation sites (tertiary alicyclic amines) is 1. The number of methoxy groups -OCH3 is 1. The lowest BCUT2D eigenvalue weighted by Gasteiger charge is -2.31. The number of thioether (sulfide) groups is 1. The lowest BCUT2D eigenvalue weighted by molar-refractivity contribution is -0.385. The Morgan fingerprint density at radius 3 is 2.48 bits per heavy atom. The van der Waals surface area contributed by atoms with E-state index >= 15 is 0 Å². The van der Waals surface area contributed by atoms with E-state index in [4.69, 9.17) is 9.47 Å². The first kappa shape index (κ1) is 23.0. The minimum Gasteiger partial charge on any atom is -0.469 e. The van der Waals surface area contributed by atoms with Crippen molar-refractivity contribution >= 4 is 29.5 Å². The number of carbonyl (C=O) groups excluding carboxylic acids is 2. The lowest BCUT2D eigenvalue weighted by Crippen LogP contribution is -2.38. The van der Waals surface area contributed by atoms with Crippen LogP contribution in [0.25, 0.3) is 0 Å². The molecule has 0 aliphatic carbocycles. The van der Waals surface area contributed by atoms with E-state index in [9.17, 15) is 19.7 Å². The molecule has 2 atom stereocenters. The summed E-state index contributed by atoms with van der Waals surface area (Å²) in [6.45, 7) is 9.61. The first-order chi connectivity index (χ1) is 13.4. The molecule has 1 saturated heterocycles. The number of carbonyl (C=O) groups is 2. The Kier molecular flexibility index (Phi) is 7.15. The van der Waals surface area contributed by atoms with Gasteiger partial charge in [-0.15, -0.1) is 11.8 Å². The average Bonchev–Trinajstić information content (AvgIpc) is 3.04. The van der Waals surface area contributed by atoms with E-state index in [1.54, 1.807) is 26.8 Å². The molecule has 0 unspecified atom stereocenters. The maximum atomic E-state index is 12.9. The van der Waals surface area contributed by atoms with Gasteiger partial charge in [0, 0.05) is 28.8 Å². The monoisotopic (exact) mass is 424 g/mol. The number of esters is 1. The van der Waals surface area contributed by atoms with E-state index in [1.807, 2.05) is 13.8 Å². The Balaban J connectivity index is 2.58. The zero-order chi connectivity index (χ0) is 21.9. The fourth-order valence-corrected chi connectivity index (χ4v) is 4.31.